The highest BCUT2D eigenvalue weighted by Gasteiger charge is 2.23. The van der Waals surface area contributed by atoms with E-state index in [0.717, 1.165) is 12.8 Å². The van der Waals surface area contributed by atoms with Gasteiger partial charge in [0.1, 0.15) is 0 Å². The molecule has 0 aromatic heterocycles. The van der Waals surface area contributed by atoms with E-state index in [1.165, 1.54) is 12.1 Å². The molecule has 0 radical (unpaired) electrons. The van der Waals surface area contributed by atoms with Crippen LogP contribution in [-0.2, 0) is 4.74 Å². The van der Waals surface area contributed by atoms with Crippen molar-refractivity contribution in [3.8, 4) is 0 Å². The number of esters is 1. The summed E-state index contributed by atoms with van der Waals surface area (Å²) in [5.74, 6) is 0.124. The lowest BCUT2D eigenvalue weighted by Gasteiger charge is -2.06. The summed E-state index contributed by atoms with van der Waals surface area (Å²) in [6.45, 7) is 0.471. The fourth-order valence-electron chi connectivity index (χ4n) is 1.26. The number of rotatable bonds is 3. The van der Waals surface area contributed by atoms with Crippen LogP contribution in [0.25, 0.3) is 0 Å². The maximum Gasteiger partial charge on any atom is 0.338 e. The molecule has 0 atom stereocenters. The van der Waals surface area contributed by atoms with Crippen LogP contribution in [0.1, 0.15) is 23.2 Å². The molecule has 1 aliphatic carbocycles. The fraction of sp³-hybridized carbons (Fsp3) is 0.364. The number of nitrogen functional groups attached to an aromatic ring is 1. The summed E-state index contributed by atoms with van der Waals surface area (Å²) in [6.07, 6.45) is 2.27. The molecule has 1 aromatic rings. The first-order valence-electron chi connectivity index (χ1n) is 4.99. The second kappa shape index (κ2) is 4.52. The minimum atomic E-state index is -0.407. The lowest BCUT2D eigenvalue weighted by Crippen LogP contribution is -2.08. The predicted molar refractivity (Wildman–Crippen MR) is 63.9 cm³/mol. The molecule has 5 heteroatoms. The van der Waals surface area contributed by atoms with Gasteiger partial charge in [-0.25, -0.2) is 4.79 Å². The van der Waals surface area contributed by atoms with Crippen molar-refractivity contribution in [1.29, 1.82) is 0 Å². The average Bonchev–Trinajstić information content (AvgIpc) is 3.05. The molecule has 0 heterocycles. The molecule has 0 saturated heterocycles. The topological polar surface area (TPSA) is 52.3 Å². The van der Waals surface area contributed by atoms with Crippen LogP contribution >= 0.6 is 23.2 Å². The Morgan fingerprint density at radius 1 is 1.38 bits per heavy atom. The van der Waals surface area contributed by atoms with Crippen molar-refractivity contribution < 1.29 is 9.53 Å². The van der Waals surface area contributed by atoms with Crippen LogP contribution in [0.4, 0.5) is 5.69 Å². The van der Waals surface area contributed by atoms with E-state index in [2.05, 4.69) is 0 Å². The Balaban J connectivity index is 2.09. The SMILES string of the molecule is Nc1c(Cl)cc(C(=O)OCC2CC2)cc1Cl. The maximum absolute atomic E-state index is 11.6. The maximum atomic E-state index is 11.6. The van der Waals surface area contributed by atoms with Gasteiger partial charge in [0.2, 0.25) is 0 Å². The molecule has 2 N–H and O–H groups in total. The van der Waals surface area contributed by atoms with E-state index in [1.807, 2.05) is 0 Å². The van der Waals surface area contributed by atoms with E-state index in [9.17, 15) is 4.79 Å². The molecule has 1 saturated carbocycles. The van der Waals surface area contributed by atoms with Crippen molar-refractivity contribution in [2.75, 3.05) is 12.3 Å². The van der Waals surface area contributed by atoms with Gasteiger partial charge in [0.15, 0.2) is 0 Å². The first-order valence-corrected chi connectivity index (χ1v) is 5.75. The van der Waals surface area contributed by atoms with Crippen LogP contribution in [0.15, 0.2) is 12.1 Å². The van der Waals surface area contributed by atoms with Gasteiger partial charge in [-0.2, -0.15) is 0 Å². The molecule has 0 aliphatic heterocycles. The number of hydrogen-bond acceptors (Lipinski definition) is 3. The van der Waals surface area contributed by atoms with Crippen molar-refractivity contribution in [1.82, 2.24) is 0 Å². The summed E-state index contributed by atoms with van der Waals surface area (Å²) in [4.78, 5) is 11.6. The minimum absolute atomic E-state index is 0.269. The Hall–Kier alpha value is -0.930. The monoisotopic (exact) mass is 259 g/mol. The summed E-state index contributed by atoms with van der Waals surface area (Å²) < 4.78 is 5.10. The van der Waals surface area contributed by atoms with Crippen molar-refractivity contribution in [3.05, 3.63) is 27.7 Å². The van der Waals surface area contributed by atoms with Crippen molar-refractivity contribution in [2.24, 2.45) is 5.92 Å². The zero-order valence-corrected chi connectivity index (χ0v) is 10.0. The van der Waals surface area contributed by atoms with Gasteiger partial charge < -0.3 is 10.5 Å². The van der Waals surface area contributed by atoms with Crippen molar-refractivity contribution in [3.63, 3.8) is 0 Å². The molecule has 16 heavy (non-hydrogen) atoms. The number of benzene rings is 1. The van der Waals surface area contributed by atoms with Gasteiger partial charge in [-0.05, 0) is 30.9 Å². The number of hydrogen-bond donors (Lipinski definition) is 1. The summed E-state index contributed by atoms with van der Waals surface area (Å²) in [7, 11) is 0. The third-order valence-electron chi connectivity index (χ3n) is 2.46. The van der Waals surface area contributed by atoms with Crippen LogP contribution < -0.4 is 5.73 Å². The van der Waals surface area contributed by atoms with Crippen LogP contribution in [0.3, 0.4) is 0 Å². The molecule has 0 spiro atoms. The van der Waals surface area contributed by atoms with Crippen LogP contribution in [0.2, 0.25) is 10.0 Å². The van der Waals surface area contributed by atoms with E-state index >= 15 is 0 Å². The molecule has 0 unspecified atom stereocenters. The zero-order valence-electron chi connectivity index (χ0n) is 8.50. The summed E-state index contributed by atoms with van der Waals surface area (Å²) >= 11 is 11.6. The van der Waals surface area contributed by atoms with Crippen LogP contribution in [0, 0.1) is 5.92 Å². The number of carbonyl (C=O) groups is 1. The first-order chi connectivity index (χ1) is 7.58. The molecule has 0 bridgehead atoms. The van der Waals surface area contributed by atoms with E-state index in [0.29, 0.717) is 18.1 Å². The van der Waals surface area contributed by atoms with Crippen LogP contribution in [0.5, 0.6) is 0 Å². The molecule has 1 aromatic carbocycles. The molecule has 86 valence electrons. The Bertz CT molecular complexity index is 407. The largest absolute Gasteiger partial charge is 0.462 e. The van der Waals surface area contributed by atoms with Gasteiger partial charge in [0.05, 0.1) is 27.9 Å². The average molecular weight is 260 g/mol. The van der Waals surface area contributed by atoms with Gasteiger partial charge in [-0.1, -0.05) is 23.2 Å². The second-order valence-corrected chi connectivity index (χ2v) is 4.71. The Kier molecular flexibility index (Phi) is 3.26. The van der Waals surface area contributed by atoms with Crippen LogP contribution in [-0.4, -0.2) is 12.6 Å². The molecule has 2 rings (SSSR count). The normalized spacial score (nSPS) is 14.9. The lowest BCUT2D eigenvalue weighted by molar-refractivity contribution is 0.0486. The second-order valence-electron chi connectivity index (χ2n) is 3.90. The molecule has 1 fully saturated rings. The summed E-state index contributed by atoms with van der Waals surface area (Å²) in [6, 6.07) is 2.94. The number of carbonyl (C=O) groups excluding carboxylic acids is 1. The molecule has 1 aliphatic rings. The Morgan fingerprint density at radius 3 is 2.44 bits per heavy atom. The Morgan fingerprint density at radius 2 is 1.94 bits per heavy atom. The lowest BCUT2D eigenvalue weighted by atomic mass is 10.2. The number of nitrogens with two attached hydrogens (primary N) is 1. The van der Waals surface area contributed by atoms with E-state index in [1.54, 1.807) is 0 Å². The molecule has 3 nitrogen and oxygen atoms in total. The predicted octanol–water partition coefficient (Wildman–Crippen LogP) is 3.14. The van der Waals surface area contributed by atoms with E-state index in [-0.39, 0.29) is 15.7 Å². The highest BCUT2D eigenvalue weighted by molar-refractivity contribution is 6.39. The highest BCUT2D eigenvalue weighted by Crippen LogP contribution is 2.31. The molecular formula is C11H11Cl2NO2. The van der Waals surface area contributed by atoms with Crippen molar-refractivity contribution in [2.45, 2.75) is 12.8 Å². The standard InChI is InChI=1S/C11H11Cl2NO2/c12-8-3-7(4-9(13)10(8)14)11(15)16-5-6-1-2-6/h3-4,6H,1-2,5,14H2. The quantitative estimate of drug-likeness (QED) is 0.670. The third kappa shape index (κ3) is 2.60. The van der Waals surface area contributed by atoms with Gasteiger partial charge in [0.25, 0.3) is 0 Å². The minimum Gasteiger partial charge on any atom is -0.462 e. The van der Waals surface area contributed by atoms with E-state index in [4.69, 9.17) is 33.7 Å². The van der Waals surface area contributed by atoms with Gasteiger partial charge in [0, 0.05) is 0 Å². The smallest absolute Gasteiger partial charge is 0.338 e. The van der Waals surface area contributed by atoms with E-state index < -0.39 is 5.97 Å². The Labute approximate surface area is 103 Å². The number of ether oxygens (including phenoxy) is 1. The number of anilines is 1. The number of halogens is 2. The highest BCUT2D eigenvalue weighted by atomic mass is 35.5. The van der Waals surface area contributed by atoms with Gasteiger partial charge in [-0.15, -0.1) is 0 Å². The summed E-state index contributed by atoms with van der Waals surface area (Å²) in [5, 5.41) is 0.539. The molecular weight excluding hydrogens is 249 g/mol. The first kappa shape index (κ1) is 11.6. The van der Waals surface area contributed by atoms with Crippen molar-refractivity contribution >= 4 is 34.9 Å². The zero-order chi connectivity index (χ0) is 11.7. The third-order valence-corrected chi connectivity index (χ3v) is 3.09. The molecule has 0 amide bonds. The summed E-state index contributed by atoms with van der Waals surface area (Å²) in [5.41, 5.74) is 6.18. The van der Waals surface area contributed by atoms with Gasteiger partial charge >= 0.3 is 5.97 Å². The fourth-order valence-corrected chi connectivity index (χ4v) is 1.75. The van der Waals surface area contributed by atoms with Gasteiger partial charge in [-0.3, -0.25) is 0 Å².